The van der Waals surface area contributed by atoms with Crippen molar-refractivity contribution in [2.75, 3.05) is 13.2 Å². The van der Waals surface area contributed by atoms with Crippen LogP contribution in [0.15, 0.2) is 55.1 Å². The van der Waals surface area contributed by atoms with E-state index >= 15 is 0 Å². The molecule has 2 heterocycles. The van der Waals surface area contributed by atoms with Crippen LogP contribution in [-0.4, -0.2) is 48.7 Å². The van der Waals surface area contributed by atoms with Crippen LogP contribution < -0.4 is 0 Å². The number of hydrogen-bond acceptors (Lipinski definition) is 4. The van der Waals surface area contributed by atoms with E-state index in [0.717, 1.165) is 15.7 Å². The average molecular weight is 393 g/mol. The highest BCUT2D eigenvalue weighted by Gasteiger charge is 2.29. The van der Waals surface area contributed by atoms with Gasteiger partial charge in [0.25, 0.3) is 0 Å². The van der Waals surface area contributed by atoms with Gasteiger partial charge in [0, 0.05) is 37.2 Å². The Morgan fingerprint density at radius 1 is 1.07 bits per heavy atom. The highest BCUT2D eigenvalue weighted by Crippen LogP contribution is 2.19. The van der Waals surface area contributed by atoms with E-state index in [9.17, 15) is 18.3 Å². The van der Waals surface area contributed by atoms with Crippen molar-refractivity contribution < 1.29 is 18.3 Å². The van der Waals surface area contributed by atoms with Crippen molar-refractivity contribution in [1.82, 2.24) is 24.2 Å². The van der Waals surface area contributed by atoms with Crippen LogP contribution >= 0.6 is 0 Å². The monoisotopic (exact) mass is 393 g/mol. The van der Waals surface area contributed by atoms with Crippen LogP contribution in [0.2, 0.25) is 0 Å². The Bertz CT molecular complexity index is 860. The van der Waals surface area contributed by atoms with E-state index in [0.29, 0.717) is 25.5 Å². The fraction of sp³-hybridized carbons (Fsp3) is 0.368. The third-order valence-electron chi connectivity index (χ3n) is 4.21. The molecular weight excluding hydrogens is 371 g/mol. The van der Waals surface area contributed by atoms with Crippen LogP contribution in [0.1, 0.15) is 17.0 Å². The predicted octanol–water partition coefficient (Wildman–Crippen LogP) is 2.68. The number of alkyl halides is 3. The zero-order valence-corrected chi connectivity index (χ0v) is 15.3. The van der Waals surface area contributed by atoms with Gasteiger partial charge in [-0.1, -0.05) is 30.3 Å². The standard InChI is InChI=1S/C19H22F3N5O/c20-19(21,22)15-26-7-6-23-18(26)14-25(8-9-28)11-17-10-24-27(13-17)12-16-4-2-1-3-5-16/h1-7,10,13,28H,8-9,11-12,14-15H2. The van der Waals surface area contributed by atoms with Crippen LogP contribution in [-0.2, 0) is 26.2 Å². The Hall–Kier alpha value is -2.65. The fourth-order valence-corrected chi connectivity index (χ4v) is 2.99. The van der Waals surface area contributed by atoms with Crippen molar-refractivity contribution in [2.45, 2.75) is 32.4 Å². The van der Waals surface area contributed by atoms with Crippen LogP contribution in [0.3, 0.4) is 0 Å². The van der Waals surface area contributed by atoms with Gasteiger partial charge in [0.1, 0.15) is 12.4 Å². The maximum Gasteiger partial charge on any atom is 0.406 e. The molecule has 0 aliphatic carbocycles. The third kappa shape index (κ3) is 5.93. The first-order chi connectivity index (χ1) is 13.4. The molecule has 0 atom stereocenters. The lowest BCUT2D eigenvalue weighted by Gasteiger charge is -2.21. The lowest BCUT2D eigenvalue weighted by atomic mass is 10.2. The Kier molecular flexibility index (Phi) is 6.48. The molecule has 0 fully saturated rings. The summed E-state index contributed by atoms with van der Waals surface area (Å²) in [4.78, 5) is 5.89. The Morgan fingerprint density at radius 3 is 2.57 bits per heavy atom. The van der Waals surface area contributed by atoms with Crippen molar-refractivity contribution in [2.24, 2.45) is 0 Å². The quantitative estimate of drug-likeness (QED) is 0.607. The van der Waals surface area contributed by atoms with Crippen LogP contribution in [0, 0.1) is 0 Å². The molecule has 1 N–H and O–H groups in total. The number of rotatable bonds is 9. The van der Waals surface area contributed by atoms with Crippen molar-refractivity contribution in [3.05, 3.63) is 72.1 Å². The van der Waals surface area contributed by atoms with Crippen molar-refractivity contribution in [3.8, 4) is 0 Å². The van der Waals surface area contributed by atoms with Gasteiger partial charge >= 0.3 is 6.18 Å². The van der Waals surface area contributed by atoms with Gasteiger partial charge in [-0.2, -0.15) is 18.3 Å². The summed E-state index contributed by atoms with van der Waals surface area (Å²) in [7, 11) is 0. The van der Waals surface area contributed by atoms with E-state index in [1.54, 1.807) is 6.20 Å². The highest BCUT2D eigenvalue weighted by molar-refractivity contribution is 5.15. The summed E-state index contributed by atoms with van der Waals surface area (Å²) in [5, 5.41) is 13.7. The van der Waals surface area contributed by atoms with Gasteiger partial charge in [-0.15, -0.1) is 0 Å². The second-order valence-corrected chi connectivity index (χ2v) is 6.55. The molecule has 6 nitrogen and oxygen atoms in total. The van der Waals surface area contributed by atoms with Gasteiger partial charge in [0.15, 0.2) is 0 Å². The summed E-state index contributed by atoms with van der Waals surface area (Å²) in [5.74, 6) is 0.308. The molecule has 0 saturated carbocycles. The lowest BCUT2D eigenvalue weighted by molar-refractivity contribution is -0.141. The molecule has 0 amide bonds. The number of hydrogen-bond donors (Lipinski definition) is 1. The maximum atomic E-state index is 12.7. The first-order valence-corrected chi connectivity index (χ1v) is 8.88. The summed E-state index contributed by atoms with van der Waals surface area (Å²) in [6, 6.07) is 9.91. The van der Waals surface area contributed by atoms with Gasteiger partial charge < -0.3 is 9.67 Å². The molecule has 3 aromatic rings. The number of halogens is 3. The fourth-order valence-electron chi connectivity index (χ4n) is 2.99. The minimum absolute atomic E-state index is 0.0991. The van der Waals surface area contributed by atoms with E-state index in [1.165, 1.54) is 12.4 Å². The van der Waals surface area contributed by atoms with Crippen LogP contribution in [0.5, 0.6) is 0 Å². The van der Waals surface area contributed by atoms with Gasteiger partial charge in [0.2, 0.25) is 0 Å². The number of aliphatic hydroxyl groups is 1. The molecule has 0 spiro atoms. The highest BCUT2D eigenvalue weighted by atomic mass is 19.4. The number of aromatic nitrogens is 4. The SMILES string of the molecule is OCCN(Cc1cnn(Cc2ccccc2)c1)Cc1nccn1CC(F)(F)F. The summed E-state index contributed by atoms with van der Waals surface area (Å²) in [6.45, 7) is 0.434. The van der Waals surface area contributed by atoms with E-state index < -0.39 is 12.7 Å². The van der Waals surface area contributed by atoms with E-state index in [1.807, 2.05) is 46.1 Å². The molecule has 0 aliphatic heterocycles. The largest absolute Gasteiger partial charge is 0.406 e. The zero-order chi connectivity index (χ0) is 20.0. The molecule has 0 unspecified atom stereocenters. The second-order valence-electron chi connectivity index (χ2n) is 6.55. The Morgan fingerprint density at radius 2 is 1.86 bits per heavy atom. The molecule has 1 aromatic carbocycles. The first kappa shape index (κ1) is 20.1. The molecule has 2 aromatic heterocycles. The van der Waals surface area contributed by atoms with Gasteiger partial charge in [0.05, 0.1) is 25.9 Å². The molecule has 28 heavy (non-hydrogen) atoms. The molecule has 0 radical (unpaired) electrons. The van der Waals surface area contributed by atoms with Crippen LogP contribution in [0.25, 0.3) is 0 Å². The minimum atomic E-state index is -4.31. The molecule has 3 rings (SSSR count). The smallest absolute Gasteiger partial charge is 0.395 e. The summed E-state index contributed by atoms with van der Waals surface area (Å²) in [5.41, 5.74) is 2.04. The van der Waals surface area contributed by atoms with Gasteiger partial charge in [-0.05, 0) is 5.56 Å². The maximum absolute atomic E-state index is 12.7. The topological polar surface area (TPSA) is 59.1 Å². The van der Waals surface area contributed by atoms with E-state index in [4.69, 9.17) is 0 Å². The molecule has 150 valence electrons. The third-order valence-corrected chi connectivity index (χ3v) is 4.21. The van der Waals surface area contributed by atoms with Gasteiger partial charge in [-0.3, -0.25) is 9.58 Å². The number of imidazole rings is 1. The summed E-state index contributed by atoms with van der Waals surface area (Å²) in [6.07, 6.45) is 2.00. The lowest BCUT2D eigenvalue weighted by Crippen LogP contribution is -2.28. The minimum Gasteiger partial charge on any atom is -0.395 e. The second kappa shape index (κ2) is 9.03. The molecule has 9 heteroatoms. The molecule has 0 bridgehead atoms. The van der Waals surface area contributed by atoms with Crippen LogP contribution in [0.4, 0.5) is 13.2 Å². The Balaban J connectivity index is 1.65. The molecule has 0 aliphatic rings. The summed E-state index contributed by atoms with van der Waals surface area (Å²) < 4.78 is 41.0. The Labute approximate surface area is 160 Å². The first-order valence-electron chi connectivity index (χ1n) is 8.88. The number of aliphatic hydroxyl groups excluding tert-OH is 1. The zero-order valence-electron chi connectivity index (χ0n) is 15.3. The summed E-state index contributed by atoms with van der Waals surface area (Å²) >= 11 is 0. The van der Waals surface area contributed by atoms with E-state index in [2.05, 4.69) is 10.1 Å². The van der Waals surface area contributed by atoms with Crippen molar-refractivity contribution in [1.29, 1.82) is 0 Å². The number of benzene rings is 1. The number of nitrogens with zero attached hydrogens (tertiary/aromatic N) is 5. The van der Waals surface area contributed by atoms with Crippen molar-refractivity contribution >= 4 is 0 Å². The van der Waals surface area contributed by atoms with Gasteiger partial charge in [-0.25, -0.2) is 4.98 Å². The predicted molar refractivity (Wildman–Crippen MR) is 97.3 cm³/mol. The molecule has 0 saturated heterocycles. The normalized spacial score (nSPS) is 12.0. The van der Waals surface area contributed by atoms with E-state index in [-0.39, 0.29) is 13.2 Å². The average Bonchev–Trinajstić information content (AvgIpc) is 3.24. The van der Waals surface area contributed by atoms with Crippen molar-refractivity contribution in [3.63, 3.8) is 0 Å². The molecular formula is C19H22F3N5O.